The molecular weight excluding hydrogens is 509 g/mol. The molecule has 1 unspecified atom stereocenters. The van der Waals surface area contributed by atoms with E-state index in [2.05, 4.69) is 10.3 Å². The van der Waals surface area contributed by atoms with Gasteiger partial charge >= 0.3 is 0 Å². The lowest BCUT2D eigenvalue weighted by Gasteiger charge is -2.25. The van der Waals surface area contributed by atoms with Crippen LogP contribution in [-0.4, -0.2) is 41.3 Å². The van der Waals surface area contributed by atoms with Crippen molar-refractivity contribution >= 4 is 27.7 Å². The van der Waals surface area contributed by atoms with E-state index in [9.17, 15) is 17.6 Å². The Kier molecular flexibility index (Phi) is 7.36. The third-order valence-electron chi connectivity index (χ3n) is 6.12. The SMILES string of the molecule is O=C(NC(c1ccccc1)c1ccccn1)[C@@H]1SCCN1S(=O)(=O)c1ccc(-c2ccccc2F)cc1. The minimum Gasteiger partial charge on any atom is -0.341 e. The maximum absolute atomic E-state index is 14.2. The lowest BCUT2D eigenvalue weighted by atomic mass is 10.0. The topological polar surface area (TPSA) is 79.4 Å². The second-order valence-corrected chi connectivity index (χ2v) is 11.5. The summed E-state index contributed by atoms with van der Waals surface area (Å²) in [5.74, 6) is -0.301. The molecule has 6 nitrogen and oxygen atoms in total. The second-order valence-electron chi connectivity index (χ2n) is 8.45. The molecule has 3 aromatic carbocycles. The van der Waals surface area contributed by atoms with Crippen LogP contribution in [0.3, 0.4) is 0 Å². The number of carbonyl (C=O) groups excluding carboxylic acids is 1. The van der Waals surface area contributed by atoms with E-state index in [4.69, 9.17) is 0 Å². The molecule has 2 heterocycles. The fraction of sp³-hybridized carbons (Fsp3) is 0.143. The van der Waals surface area contributed by atoms with Crippen LogP contribution in [0, 0.1) is 5.82 Å². The van der Waals surface area contributed by atoms with Gasteiger partial charge in [-0.3, -0.25) is 9.78 Å². The number of rotatable bonds is 7. The highest BCUT2D eigenvalue weighted by Crippen LogP contribution is 2.32. The summed E-state index contributed by atoms with van der Waals surface area (Å²) in [6, 6.07) is 26.8. The smallest absolute Gasteiger partial charge is 0.249 e. The van der Waals surface area contributed by atoms with Crippen molar-refractivity contribution in [3.63, 3.8) is 0 Å². The van der Waals surface area contributed by atoms with Crippen LogP contribution in [0.1, 0.15) is 17.3 Å². The molecule has 1 N–H and O–H groups in total. The van der Waals surface area contributed by atoms with Gasteiger partial charge in [0.2, 0.25) is 15.9 Å². The van der Waals surface area contributed by atoms with Crippen LogP contribution in [0.4, 0.5) is 4.39 Å². The summed E-state index contributed by atoms with van der Waals surface area (Å²) in [7, 11) is -3.96. The molecule has 1 amide bonds. The van der Waals surface area contributed by atoms with E-state index >= 15 is 0 Å². The van der Waals surface area contributed by atoms with Crippen LogP contribution in [0.2, 0.25) is 0 Å². The maximum atomic E-state index is 14.2. The summed E-state index contributed by atoms with van der Waals surface area (Å²) >= 11 is 1.28. The molecule has 37 heavy (non-hydrogen) atoms. The Bertz CT molecular complexity index is 1440. The summed E-state index contributed by atoms with van der Waals surface area (Å²) in [4.78, 5) is 17.9. The zero-order valence-electron chi connectivity index (χ0n) is 19.7. The van der Waals surface area contributed by atoms with Gasteiger partial charge in [0.05, 0.1) is 16.6 Å². The maximum Gasteiger partial charge on any atom is 0.249 e. The second kappa shape index (κ2) is 10.8. The van der Waals surface area contributed by atoms with Gasteiger partial charge in [-0.15, -0.1) is 11.8 Å². The molecule has 2 atom stereocenters. The molecule has 0 spiro atoms. The Labute approximate surface area is 219 Å². The summed E-state index contributed by atoms with van der Waals surface area (Å²) in [6.07, 6.45) is 1.66. The van der Waals surface area contributed by atoms with Crippen molar-refractivity contribution in [3.05, 3.63) is 120 Å². The number of amides is 1. The number of benzene rings is 3. The van der Waals surface area contributed by atoms with Gasteiger partial charge in [-0.1, -0.05) is 66.7 Å². The number of carbonyl (C=O) groups is 1. The average molecular weight is 534 g/mol. The van der Waals surface area contributed by atoms with Crippen molar-refractivity contribution in [2.45, 2.75) is 16.3 Å². The largest absolute Gasteiger partial charge is 0.341 e. The number of thioether (sulfide) groups is 1. The molecule has 0 bridgehead atoms. The van der Waals surface area contributed by atoms with Crippen LogP contribution >= 0.6 is 11.8 Å². The number of hydrogen-bond acceptors (Lipinski definition) is 5. The highest BCUT2D eigenvalue weighted by atomic mass is 32.2. The fourth-order valence-electron chi connectivity index (χ4n) is 4.28. The van der Waals surface area contributed by atoms with Gasteiger partial charge in [-0.2, -0.15) is 4.31 Å². The van der Waals surface area contributed by atoms with E-state index in [1.807, 2.05) is 42.5 Å². The molecule has 1 fully saturated rings. The van der Waals surface area contributed by atoms with E-state index in [0.29, 0.717) is 22.6 Å². The van der Waals surface area contributed by atoms with Crippen LogP contribution in [0.15, 0.2) is 108 Å². The molecule has 0 radical (unpaired) electrons. The highest BCUT2D eigenvalue weighted by molar-refractivity contribution is 8.02. The van der Waals surface area contributed by atoms with Crippen LogP contribution in [0.25, 0.3) is 11.1 Å². The number of halogens is 1. The summed E-state index contributed by atoms with van der Waals surface area (Å²) < 4.78 is 42.5. The van der Waals surface area contributed by atoms with Crippen LogP contribution in [-0.2, 0) is 14.8 Å². The zero-order chi connectivity index (χ0) is 25.8. The third-order valence-corrected chi connectivity index (χ3v) is 9.34. The van der Waals surface area contributed by atoms with E-state index in [1.165, 1.54) is 34.3 Å². The zero-order valence-corrected chi connectivity index (χ0v) is 21.3. The molecule has 9 heteroatoms. The molecule has 1 aliphatic heterocycles. The van der Waals surface area contributed by atoms with Gasteiger partial charge in [0, 0.05) is 24.1 Å². The highest BCUT2D eigenvalue weighted by Gasteiger charge is 2.41. The average Bonchev–Trinajstić information content (AvgIpc) is 3.44. The fourth-order valence-corrected chi connectivity index (χ4v) is 7.36. The first-order chi connectivity index (χ1) is 17.9. The third kappa shape index (κ3) is 5.29. The molecule has 5 rings (SSSR count). The van der Waals surface area contributed by atoms with E-state index in [-0.39, 0.29) is 17.3 Å². The molecule has 1 aromatic heterocycles. The van der Waals surface area contributed by atoms with Crippen LogP contribution < -0.4 is 5.32 Å². The van der Waals surface area contributed by atoms with Crippen molar-refractivity contribution in [2.75, 3.05) is 12.3 Å². The molecule has 1 saturated heterocycles. The number of nitrogens with zero attached hydrogens (tertiary/aromatic N) is 2. The van der Waals surface area contributed by atoms with E-state index in [1.54, 1.807) is 42.6 Å². The van der Waals surface area contributed by atoms with Gasteiger partial charge in [0.25, 0.3) is 0 Å². The minimum atomic E-state index is -3.96. The first-order valence-electron chi connectivity index (χ1n) is 11.7. The first-order valence-corrected chi connectivity index (χ1v) is 14.2. The number of hydrogen-bond donors (Lipinski definition) is 1. The Morgan fingerprint density at radius 2 is 1.65 bits per heavy atom. The van der Waals surface area contributed by atoms with Gasteiger partial charge < -0.3 is 5.32 Å². The van der Waals surface area contributed by atoms with Gasteiger partial charge in [-0.05, 0) is 41.5 Å². The summed E-state index contributed by atoms with van der Waals surface area (Å²) in [5, 5.41) is 2.09. The lowest BCUT2D eigenvalue weighted by molar-refractivity contribution is -0.122. The van der Waals surface area contributed by atoms with Crippen molar-refractivity contribution < 1.29 is 17.6 Å². The molecular formula is C28H24FN3O3S2. The van der Waals surface area contributed by atoms with Crippen molar-refractivity contribution in [1.82, 2.24) is 14.6 Å². The van der Waals surface area contributed by atoms with Crippen molar-refractivity contribution in [1.29, 1.82) is 0 Å². The molecule has 0 saturated carbocycles. The number of pyridine rings is 1. The lowest BCUT2D eigenvalue weighted by Crippen LogP contribution is -2.46. The predicted octanol–water partition coefficient (Wildman–Crippen LogP) is 4.86. The molecule has 188 valence electrons. The quantitative estimate of drug-likeness (QED) is 0.367. The van der Waals surface area contributed by atoms with E-state index < -0.39 is 27.3 Å². The summed E-state index contributed by atoms with van der Waals surface area (Å²) in [5.41, 5.74) is 2.46. The standard InChI is InChI=1S/C28H24FN3O3S2/c29-24-11-5-4-10-23(24)20-13-15-22(16-14-20)37(34,35)32-18-19-36-28(32)27(33)31-26(21-8-2-1-3-9-21)25-12-6-7-17-30-25/h1-17,26,28H,18-19H2,(H,31,33)/t26?,28-/m0/s1. The first kappa shape index (κ1) is 25.1. The number of sulfonamides is 1. The normalized spacial score (nSPS) is 16.8. The van der Waals surface area contributed by atoms with Gasteiger partial charge in [0.15, 0.2) is 0 Å². The Hall–Kier alpha value is -3.53. The number of aromatic nitrogens is 1. The Balaban J connectivity index is 1.39. The minimum absolute atomic E-state index is 0.0530. The summed E-state index contributed by atoms with van der Waals surface area (Å²) in [6.45, 7) is 0.208. The van der Waals surface area contributed by atoms with Gasteiger partial charge in [0.1, 0.15) is 11.2 Å². The number of nitrogens with one attached hydrogen (secondary N) is 1. The van der Waals surface area contributed by atoms with E-state index in [0.717, 1.165) is 5.56 Å². The molecule has 4 aromatic rings. The van der Waals surface area contributed by atoms with Crippen molar-refractivity contribution in [2.24, 2.45) is 0 Å². The Morgan fingerprint density at radius 1 is 0.946 bits per heavy atom. The Morgan fingerprint density at radius 3 is 2.35 bits per heavy atom. The predicted molar refractivity (Wildman–Crippen MR) is 143 cm³/mol. The van der Waals surface area contributed by atoms with Gasteiger partial charge in [-0.25, -0.2) is 12.8 Å². The molecule has 0 aliphatic carbocycles. The van der Waals surface area contributed by atoms with Crippen LogP contribution in [0.5, 0.6) is 0 Å². The van der Waals surface area contributed by atoms with Crippen molar-refractivity contribution in [3.8, 4) is 11.1 Å². The molecule has 1 aliphatic rings. The monoisotopic (exact) mass is 533 g/mol.